The predicted molar refractivity (Wildman–Crippen MR) is 170 cm³/mol. The minimum atomic E-state index is -0.855. The van der Waals surface area contributed by atoms with E-state index >= 15 is 0 Å². The highest BCUT2D eigenvalue weighted by Crippen LogP contribution is 2.24. The molecule has 0 aliphatic carbocycles. The summed E-state index contributed by atoms with van der Waals surface area (Å²) in [6.45, 7) is 9.84. The Balaban J connectivity index is 0.000000241. The van der Waals surface area contributed by atoms with E-state index in [0.29, 0.717) is 26.2 Å². The summed E-state index contributed by atoms with van der Waals surface area (Å²) in [5.74, 6) is 0.870. The highest BCUT2D eigenvalue weighted by molar-refractivity contribution is 5.65. The number of benzene rings is 2. The maximum absolute atomic E-state index is 11.0. The van der Waals surface area contributed by atoms with Gasteiger partial charge in [0.1, 0.15) is 0 Å². The molecule has 0 saturated carbocycles. The van der Waals surface area contributed by atoms with Crippen LogP contribution < -0.4 is 10.2 Å². The molecule has 222 valence electrons. The number of nitrogens with zero attached hydrogens (tertiary/aromatic N) is 4. The van der Waals surface area contributed by atoms with Crippen LogP contribution in [0.3, 0.4) is 0 Å². The molecule has 41 heavy (non-hydrogen) atoms. The van der Waals surface area contributed by atoms with Crippen molar-refractivity contribution >= 4 is 17.6 Å². The minimum absolute atomic E-state index is 0.501. The van der Waals surface area contributed by atoms with Crippen LogP contribution in [0.1, 0.15) is 80.7 Å². The summed E-state index contributed by atoms with van der Waals surface area (Å²) in [5.41, 5.74) is 5.74. The number of anilines is 2. The Morgan fingerprint density at radius 2 is 1.37 bits per heavy atom. The molecule has 0 spiro atoms. The molecule has 0 radical (unpaired) electrons. The van der Waals surface area contributed by atoms with Crippen molar-refractivity contribution in [2.75, 3.05) is 42.9 Å². The number of para-hydroxylation sites is 1. The minimum Gasteiger partial charge on any atom is -0.465 e. The van der Waals surface area contributed by atoms with Crippen molar-refractivity contribution in [3.8, 4) is 0 Å². The number of piperazine rings is 1. The van der Waals surface area contributed by atoms with Crippen LogP contribution in [0.5, 0.6) is 0 Å². The molecule has 1 fully saturated rings. The normalized spacial score (nSPS) is 13.0. The predicted octanol–water partition coefficient (Wildman–Crippen LogP) is 7.72. The number of carboxylic acid groups (broad SMARTS) is 1. The fraction of sp³-hybridized carbons (Fsp3) is 0.500. The van der Waals surface area contributed by atoms with Crippen LogP contribution in [0.15, 0.2) is 60.7 Å². The van der Waals surface area contributed by atoms with Crippen LogP contribution in [-0.4, -0.2) is 59.0 Å². The molecule has 4 rings (SSSR count). The SMILES string of the molecule is CCCCCCCCCCNc1ccccc1.Cc1c(Cc2ccccc2)nnc(N2CCN(C(=O)O)CC2)c1C. The van der Waals surface area contributed by atoms with Crippen LogP contribution in [0.4, 0.5) is 16.3 Å². The average Bonchev–Trinajstić information content (AvgIpc) is 3.00. The Bertz CT molecular complexity index is 1150. The van der Waals surface area contributed by atoms with Crippen molar-refractivity contribution in [2.45, 2.75) is 78.6 Å². The number of rotatable bonds is 13. The van der Waals surface area contributed by atoms with Crippen LogP contribution in [0, 0.1) is 13.8 Å². The van der Waals surface area contributed by atoms with Crippen molar-refractivity contribution in [1.29, 1.82) is 0 Å². The summed E-state index contributed by atoms with van der Waals surface area (Å²) >= 11 is 0. The third-order valence-corrected chi connectivity index (χ3v) is 7.79. The van der Waals surface area contributed by atoms with Gasteiger partial charge in [-0.3, -0.25) is 0 Å². The summed E-state index contributed by atoms with van der Waals surface area (Å²) in [7, 11) is 0. The first kappa shape index (κ1) is 31.9. The maximum atomic E-state index is 11.0. The van der Waals surface area contributed by atoms with Crippen LogP contribution >= 0.6 is 0 Å². The van der Waals surface area contributed by atoms with Gasteiger partial charge in [0.25, 0.3) is 0 Å². The standard InChI is InChI=1S/C18H22N4O2.C16H27N/c1-13-14(2)17(21-8-10-22(11-9-21)18(23)24)20-19-16(13)12-15-6-4-3-5-7-15;1-2-3-4-5-6-7-8-12-15-17-16-13-10-9-11-14-16/h3-7H,8-12H2,1-2H3,(H,23,24);9-11,13-14,17H,2-8,12,15H2,1H3. The first-order valence-electron chi connectivity index (χ1n) is 15.4. The molecule has 0 unspecified atom stereocenters. The molecule has 1 saturated heterocycles. The smallest absolute Gasteiger partial charge is 0.407 e. The number of carbonyl (C=O) groups is 1. The van der Waals surface area contributed by atoms with Crippen molar-refractivity contribution in [3.63, 3.8) is 0 Å². The van der Waals surface area contributed by atoms with E-state index in [0.717, 1.165) is 35.6 Å². The van der Waals surface area contributed by atoms with Gasteiger partial charge in [-0.15, -0.1) is 5.10 Å². The second kappa shape index (κ2) is 17.9. The zero-order valence-electron chi connectivity index (χ0n) is 25.3. The molecule has 2 heterocycles. The molecule has 3 aromatic rings. The van der Waals surface area contributed by atoms with Crippen molar-refractivity contribution in [1.82, 2.24) is 15.1 Å². The lowest BCUT2D eigenvalue weighted by atomic mass is 10.0. The van der Waals surface area contributed by atoms with Crippen molar-refractivity contribution < 1.29 is 9.90 Å². The summed E-state index contributed by atoms with van der Waals surface area (Å²) in [5, 5.41) is 21.4. The van der Waals surface area contributed by atoms with Gasteiger partial charge in [-0.2, -0.15) is 5.10 Å². The Morgan fingerprint density at radius 1 is 0.780 bits per heavy atom. The molecule has 1 aromatic heterocycles. The summed E-state index contributed by atoms with van der Waals surface area (Å²) in [6.07, 6.45) is 11.0. The fourth-order valence-electron chi connectivity index (χ4n) is 5.06. The van der Waals surface area contributed by atoms with E-state index in [2.05, 4.69) is 83.6 Å². The third kappa shape index (κ3) is 11.1. The zero-order valence-corrected chi connectivity index (χ0v) is 25.3. The lowest BCUT2D eigenvalue weighted by molar-refractivity contribution is 0.142. The first-order valence-corrected chi connectivity index (χ1v) is 15.4. The van der Waals surface area contributed by atoms with Crippen LogP contribution in [-0.2, 0) is 6.42 Å². The third-order valence-electron chi connectivity index (χ3n) is 7.79. The molecule has 2 N–H and O–H groups in total. The molecular weight excluding hydrogens is 510 g/mol. The number of hydrogen-bond donors (Lipinski definition) is 2. The Kier molecular flexibility index (Phi) is 14.0. The van der Waals surface area contributed by atoms with Gasteiger partial charge in [0.2, 0.25) is 0 Å². The number of nitrogens with one attached hydrogen (secondary N) is 1. The van der Waals surface area contributed by atoms with Gasteiger partial charge >= 0.3 is 6.09 Å². The molecule has 7 heteroatoms. The number of aromatic nitrogens is 2. The van der Waals surface area contributed by atoms with Gasteiger partial charge in [-0.25, -0.2) is 4.79 Å². The van der Waals surface area contributed by atoms with Gasteiger partial charge in [0.15, 0.2) is 5.82 Å². The van der Waals surface area contributed by atoms with E-state index in [9.17, 15) is 4.79 Å². The molecule has 1 amide bonds. The fourth-order valence-corrected chi connectivity index (χ4v) is 5.06. The average molecular weight is 560 g/mol. The summed E-state index contributed by atoms with van der Waals surface area (Å²) in [6, 6.07) is 20.7. The number of unbranched alkanes of at least 4 members (excludes halogenated alkanes) is 7. The molecule has 1 aliphatic rings. The van der Waals surface area contributed by atoms with Gasteiger partial charge in [-0.1, -0.05) is 100 Å². The Morgan fingerprint density at radius 3 is 1.98 bits per heavy atom. The van der Waals surface area contributed by atoms with Gasteiger partial charge < -0.3 is 20.2 Å². The zero-order chi connectivity index (χ0) is 29.3. The quantitative estimate of drug-likeness (QED) is 0.209. The van der Waals surface area contributed by atoms with E-state index in [4.69, 9.17) is 5.11 Å². The second-order valence-electron chi connectivity index (χ2n) is 10.9. The van der Waals surface area contributed by atoms with E-state index in [1.54, 1.807) is 0 Å². The van der Waals surface area contributed by atoms with E-state index in [-0.39, 0.29) is 0 Å². The second-order valence-corrected chi connectivity index (χ2v) is 10.9. The molecule has 0 atom stereocenters. The topological polar surface area (TPSA) is 81.6 Å². The summed E-state index contributed by atoms with van der Waals surface area (Å²) in [4.78, 5) is 14.6. The van der Waals surface area contributed by atoms with Crippen molar-refractivity contribution in [2.24, 2.45) is 0 Å². The highest BCUT2D eigenvalue weighted by atomic mass is 16.4. The molecule has 1 aliphatic heterocycles. The van der Waals surface area contributed by atoms with Gasteiger partial charge in [0, 0.05) is 44.8 Å². The monoisotopic (exact) mass is 559 g/mol. The lowest BCUT2D eigenvalue weighted by Crippen LogP contribution is -2.48. The molecule has 7 nitrogen and oxygen atoms in total. The molecule has 0 bridgehead atoms. The maximum Gasteiger partial charge on any atom is 0.407 e. The van der Waals surface area contributed by atoms with Crippen LogP contribution in [0.25, 0.3) is 0 Å². The Hall–Kier alpha value is -3.61. The van der Waals surface area contributed by atoms with Crippen LogP contribution in [0.2, 0.25) is 0 Å². The Labute approximate surface area is 247 Å². The summed E-state index contributed by atoms with van der Waals surface area (Å²) < 4.78 is 0. The van der Waals surface area contributed by atoms with Gasteiger partial charge in [0.05, 0.1) is 5.69 Å². The lowest BCUT2D eigenvalue weighted by Gasteiger charge is -2.34. The number of amides is 1. The number of hydrogen-bond acceptors (Lipinski definition) is 5. The van der Waals surface area contributed by atoms with Crippen molar-refractivity contribution in [3.05, 3.63) is 83.0 Å². The molecular formula is C34H49N5O2. The molecule has 2 aromatic carbocycles. The first-order chi connectivity index (χ1) is 20.0. The highest BCUT2D eigenvalue weighted by Gasteiger charge is 2.23. The van der Waals surface area contributed by atoms with E-state index in [1.165, 1.54) is 67.5 Å². The largest absolute Gasteiger partial charge is 0.465 e. The van der Waals surface area contributed by atoms with Gasteiger partial charge in [-0.05, 0) is 49.1 Å². The van der Waals surface area contributed by atoms with E-state index in [1.807, 2.05) is 18.2 Å². The van der Waals surface area contributed by atoms with E-state index < -0.39 is 6.09 Å².